The SMILES string of the molecule is COCCc1noc(COC2CCN(C(=O)NC3CCCC3)CC2)n1. The highest BCUT2D eigenvalue weighted by molar-refractivity contribution is 5.74. The Kier molecular flexibility index (Phi) is 6.63. The Morgan fingerprint density at radius 1 is 1.28 bits per heavy atom. The molecule has 1 aliphatic carbocycles. The van der Waals surface area contributed by atoms with E-state index in [1.165, 1.54) is 12.8 Å². The first-order chi connectivity index (χ1) is 12.2. The number of rotatable bonds is 7. The van der Waals surface area contributed by atoms with Crippen molar-refractivity contribution >= 4 is 6.03 Å². The van der Waals surface area contributed by atoms with Crippen LogP contribution in [0.5, 0.6) is 0 Å². The topological polar surface area (TPSA) is 89.7 Å². The van der Waals surface area contributed by atoms with Crippen LogP contribution >= 0.6 is 0 Å². The number of hydrogen-bond donors (Lipinski definition) is 1. The first-order valence-corrected chi connectivity index (χ1v) is 9.22. The molecule has 0 bridgehead atoms. The maximum Gasteiger partial charge on any atom is 0.317 e. The van der Waals surface area contributed by atoms with Gasteiger partial charge in [0, 0.05) is 32.7 Å². The van der Waals surface area contributed by atoms with Crippen molar-refractivity contribution in [1.29, 1.82) is 0 Å². The summed E-state index contributed by atoms with van der Waals surface area (Å²) in [4.78, 5) is 18.4. The van der Waals surface area contributed by atoms with E-state index >= 15 is 0 Å². The summed E-state index contributed by atoms with van der Waals surface area (Å²) in [5, 5.41) is 7.04. The smallest absolute Gasteiger partial charge is 0.317 e. The standard InChI is InChI=1S/C17H28N4O4/c1-23-11-8-15-19-16(25-20-15)12-24-14-6-9-21(10-7-14)17(22)18-13-4-2-3-5-13/h13-14H,2-12H2,1H3,(H,18,22). The van der Waals surface area contributed by atoms with Gasteiger partial charge in [-0.1, -0.05) is 18.0 Å². The molecule has 2 aliphatic rings. The van der Waals surface area contributed by atoms with Gasteiger partial charge in [0.05, 0.1) is 12.7 Å². The van der Waals surface area contributed by atoms with Gasteiger partial charge in [-0.3, -0.25) is 0 Å². The summed E-state index contributed by atoms with van der Waals surface area (Å²) in [5.74, 6) is 1.13. The van der Waals surface area contributed by atoms with E-state index in [9.17, 15) is 4.79 Å². The second-order valence-corrected chi connectivity index (χ2v) is 6.78. The van der Waals surface area contributed by atoms with E-state index in [1.54, 1.807) is 7.11 Å². The van der Waals surface area contributed by atoms with Crippen molar-refractivity contribution in [1.82, 2.24) is 20.4 Å². The number of amides is 2. The molecule has 3 rings (SSSR count). The van der Waals surface area contributed by atoms with E-state index in [1.807, 2.05) is 4.90 Å². The van der Waals surface area contributed by atoms with Crippen molar-refractivity contribution in [2.45, 2.75) is 63.7 Å². The Morgan fingerprint density at radius 3 is 2.76 bits per heavy atom. The highest BCUT2D eigenvalue weighted by atomic mass is 16.5. The van der Waals surface area contributed by atoms with Gasteiger partial charge in [-0.2, -0.15) is 4.98 Å². The fraction of sp³-hybridized carbons (Fsp3) is 0.824. The van der Waals surface area contributed by atoms with Crippen LogP contribution in [0.15, 0.2) is 4.52 Å². The number of piperidine rings is 1. The zero-order valence-corrected chi connectivity index (χ0v) is 14.9. The van der Waals surface area contributed by atoms with E-state index < -0.39 is 0 Å². The summed E-state index contributed by atoms with van der Waals surface area (Å²) >= 11 is 0. The van der Waals surface area contributed by atoms with Gasteiger partial charge in [0.2, 0.25) is 0 Å². The number of methoxy groups -OCH3 is 1. The zero-order valence-electron chi connectivity index (χ0n) is 14.9. The van der Waals surface area contributed by atoms with Crippen LogP contribution in [0.2, 0.25) is 0 Å². The van der Waals surface area contributed by atoms with Crippen LogP contribution in [-0.2, 0) is 22.5 Å². The number of aromatic nitrogens is 2. The third kappa shape index (κ3) is 5.40. The summed E-state index contributed by atoms with van der Waals surface area (Å²) < 4.78 is 16.0. The lowest BCUT2D eigenvalue weighted by Crippen LogP contribution is -2.48. The summed E-state index contributed by atoms with van der Waals surface area (Å²) in [6.07, 6.45) is 7.11. The molecule has 0 radical (unpaired) electrons. The summed E-state index contributed by atoms with van der Waals surface area (Å²) in [7, 11) is 1.64. The van der Waals surface area contributed by atoms with Gasteiger partial charge >= 0.3 is 6.03 Å². The molecule has 0 spiro atoms. The predicted molar refractivity (Wildman–Crippen MR) is 90.0 cm³/mol. The number of hydrogen-bond acceptors (Lipinski definition) is 6. The highest BCUT2D eigenvalue weighted by Crippen LogP contribution is 2.19. The van der Waals surface area contributed by atoms with Crippen LogP contribution in [0.4, 0.5) is 4.79 Å². The zero-order chi connectivity index (χ0) is 17.5. The van der Waals surface area contributed by atoms with E-state index in [0.29, 0.717) is 37.4 Å². The number of carbonyl (C=O) groups excluding carboxylic acids is 1. The van der Waals surface area contributed by atoms with Gasteiger partial charge in [-0.25, -0.2) is 4.79 Å². The second-order valence-electron chi connectivity index (χ2n) is 6.78. The molecule has 2 heterocycles. The number of carbonyl (C=O) groups is 1. The van der Waals surface area contributed by atoms with Gasteiger partial charge in [0.1, 0.15) is 6.61 Å². The minimum atomic E-state index is 0.0741. The molecule has 0 aromatic carbocycles. The molecule has 1 aromatic heterocycles. The average Bonchev–Trinajstić information content (AvgIpc) is 3.30. The summed E-state index contributed by atoms with van der Waals surface area (Å²) in [6.45, 7) is 2.35. The van der Waals surface area contributed by atoms with Gasteiger partial charge in [-0.05, 0) is 25.7 Å². The maximum atomic E-state index is 12.3. The third-order valence-corrected chi connectivity index (χ3v) is 4.89. The quantitative estimate of drug-likeness (QED) is 0.806. The lowest BCUT2D eigenvalue weighted by Gasteiger charge is -2.32. The molecule has 1 saturated heterocycles. The lowest BCUT2D eigenvalue weighted by atomic mass is 10.1. The molecule has 1 N–H and O–H groups in total. The van der Waals surface area contributed by atoms with Crippen molar-refractivity contribution < 1.29 is 18.8 Å². The molecule has 8 heteroatoms. The van der Waals surface area contributed by atoms with Crippen LogP contribution in [-0.4, -0.2) is 60.0 Å². The summed E-state index contributed by atoms with van der Waals surface area (Å²) in [6, 6.07) is 0.441. The Morgan fingerprint density at radius 2 is 2.04 bits per heavy atom. The normalized spacial score (nSPS) is 19.5. The van der Waals surface area contributed by atoms with E-state index in [-0.39, 0.29) is 12.1 Å². The average molecular weight is 352 g/mol. The van der Waals surface area contributed by atoms with Gasteiger partial charge in [0.15, 0.2) is 5.82 Å². The number of nitrogens with one attached hydrogen (secondary N) is 1. The van der Waals surface area contributed by atoms with Crippen LogP contribution in [0.3, 0.4) is 0 Å². The third-order valence-electron chi connectivity index (χ3n) is 4.89. The lowest BCUT2D eigenvalue weighted by molar-refractivity contribution is -0.00624. The fourth-order valence-corrected chi connectivity index (χ4v) is 3.39. The van der Waals surface area contributed by atoms with Gasteiger partial charge < -0.3 is 24.2 Å². The van der Waals surface area contributed by atoms with Crippen LogP contribution in [0, 0.1) is 0 Å². The molecule has 2 amide bonds. The molecular formula is C17H28N4O4. The molecule has 2 fully saturated rings. The van der Waals surface area contributed by atoms with Crippen LogP contribution in [0.1, 0.15) is 50.2 Å². The molecule has 0 atom stereocenters. The minimum absolute atomic E-state index is 0.0741. The van der Waals surface area contributed by atoms with E-state index in [4.69, 9.17) is 14.0 Å². The second kappa shape index (κ2) is 9.15. The van der Waals surface area contributed by atoms with Crippen LogP contribution in [0.25, 0.3) is 0 Å². The van der Waals surface area contributed by atoms with E-state index in [2.05, 4.69) is 15.5 Å². The Hall–Kier alpha value is -1.67. The predicted octanol–water partition coefficient (Wildman–Crippen LogP) is 1.89. The minimum Gasteiger partial charge on any atom is -0.384 e. The molecule has 0 unspecified atom stereocenters. The fourth-order valence-electron chi connectivity index (χ4n) is 3.39. The van der Waals surface area contributed by atoms with E-state index in [0.717, 1.165) is 38.8 Å². The number of likely N-dealkylation sites (tertiary alicyclic amines) is 1. The van der Waals surface area contributed by atoms with Crippen molar-refractivity contribution in [3.8, 4) is 0 Å². The molecular weight excluding hydrogens is 324 g/mol. The first-order valence-electron chi connectivity index (χ1n) is 9.22. The Labute approximate surface area is 148 Å². The largest absolute Gasteiger partial charge is 0.384 e. The molecule has 1 saturated carbocycles. The number of ether oxygens (including phenoxy) is 2. The van der Waals surface area contributed by atoms with Crippen LogP contribution < -0.4 is 5.32 Å². The van der Waals surface area contributed by atoms with Gasteiger partial charge in [-0.15, -0.1) is 0 Å². The Balaban J connectivity index is 1.34. The number of nitrogens with zero attached hydrogens (tertiary/aromatic N) is 3. The van der Waals surface area contributed by atoms with Gasteiger partial charge in [0.25, 0.3) is 5.89 Å². The molecule has 140 valence electrons. The molecule has 25 heavy (non-hydrogen) atoms. The highest BCUT2D eigenvalue weighted by Gasteiger charge is 2.26. The maximum absolute atomic E-state index is 12.3. The Bertz CT molecular complexity index is 537. The molecule has 1 aliphatic heterocycles. The van der Waals surface area contributed by atoms with Crippen molar-refractivity contribution in [2.24, 2.45) is 0 Å². The number of urea groups is 1. The first kappa shape index (κ1) is 18.1. The molecule has 8 nitrogen and oxygen atoms in total. The van der Waals surface area contributed by atoms with Crippen molar-refractivity contribution in [3.05, 3.63) is 11.7 Å². The monoisotopic (exact) mass is 352 g/mol. The van der Waals surface area contributed by atoms with Crippen molar-refractivity contribution in [3.63, 3.8) is 0 Å². The molecule has 1 aromatic rings. The summed E-state index contributed by atoms with van der Waals surface area (Å²) in [5.41, 5.74) is 0. The van der Waals surface area contributed by atoms with Crippen molar-refractivity contribution in [2.75, 3.05) is 26.8 Å².